The average Bonchev–Trinajstić information content (AvgIpc) is 2.76. The highest BCUT2D eigenvalue weighted by molar-refractivity contribution is 5.85. The first-order valence-electron chi connectivity index (χ1n) is 5.08. The summed E-state index contributed by atoms with van der Waals surface area (Å²) in [6, 6.07) is 0.0463. The largest absolute Gasteiger partial charge is 0.392 e. The predicted molar refractivity (Wildman–Crippen MR) is 54.9 cm³/mol. The number of aromatic nitrogens is 2. The minimum absolute atomic E-state index is 0. The normalized spacial score (nSPS) is 30.2. The van der Waals surface area contributed by atoms with Crippen molar-refractivity contribution in [1.29, 1.82) is 0 Å². The molecule has 1 saturated heterocycles. The standard InChI is InChI=1S/C9H13N3O2.ClH/c13-6-3-7(10-4-6)9-11-8(12-14-9)5-1-2-5;/h5-7,10,13H,1-4H2;1H/t6-,7+;/m1./s1. The smallest absolute Gasteiger partial charge is 0.243 e. The summed E-state index contributed by atoms with van der Waals surface area (Å²) in [5.41, 5.74) is 0. The summed E-state index contributed by atoms with van der Waals surface area (Å²) in [6.45, 7) is 0.617. The number of aliphatic hydroxyl groups excluding tert-OH is 1. The molecule has 2 fully saturated rings. The molecule has 3 rings (SSSR count). The van der Waals surface area contributed by atoms with E-state index in [9.17, 15) is 5.11 Å². The van der Waals surface area contributed by atoms with Crippen molar-refractivity contribution in [1.82, 2.24) is 15.5 Å². The molecule has 0 spiro atoms. The summed E-state index contributed by atoms with van der Waals surface area (Å²) >= 11 is 0. The first-order chi connectivity index (χ1) is 6.83. The van der Waals surface area contributed by atoms with Gasteiger partial charge in [-0.3, -0.25) is 0 Å². The van der Waals surface area contributed by atoms with E-state index in [1.54, 1.807) is 0 Å². The van der Waals surface area contributed by atoms with Crippen molar-refractivity contribution in [2.45, 2.75) is 37.3 Å². The van der Waals surface area contributed by atoms with Crippen LogP contribution in [0, 0.1) is 0 Å². The van der Waals surface area contributed by atoms with Crippen LogP contribution in [0.3, 0.4) is 0 Å². The number of aliphatic hydroxyl groups is 1. The molecule has 1 aromatic rings. The van der Waals surface area contributed by atoms with Crippen LogP contribution in [-0.4, -0.2) is 27.9 Å². The second kappa shape index (κ2) is 4.08. The maximum atomic E-state index is 9.34. The zero-order valence-electron chi connectivity index (χ0n) is 8.22. The second-order valence-electron chi connectivity index (χ2n) is 4.12. The van der Waals surface area contributed by atoms with Gasteiger partial charge in [0.05, 0.1) is 12.1 Å². The van der Waals surface area contributed by atoms with E-state index >= 15 is 0 Å². The number of nitrogens with zero attached hydrogens (tertiary/aromatic N) is 2. The van der Waals surface area contributed by atoms with Crippen LogP contribution in [0.2, 0.25) is 0 Å². The van der Waals surface area contributed by atoms with Crippen LogP contribution >= 0.6 is 12.4 Å². The van der Waals surface area contributed by atoms with Crippen LogP contribution in [0.25, 0.3) is 0 Å². The molecule has 1 aliphatic heterocycles. The quantitative estimate of drug-likeness (QED) is 0.787. The summed E-state index contributed by atoms with van der Waals surface area (Å²) in [5, 5.41) is 16.4. The minimum atomic E-state index is -0.281. The molecule has 1 saturated carbocycles. The number of rotatable bonds is 2. The summed E-state index contributed by atoms with van der Waals surface area (Å²) in [4.78, 5) is 4.34. The Morgan fingerprint density at radius 3 is 2.80 bits per heavy atom. The van der Waals surface area contributed by atoms with E-state index < -0.39 is 0 Å². The topological polar surface area (TPSA) is 71.2 Å². The maximum absolute atomic E-state index is 9.34. The van der Waals surface area contributed by atoms with Gasteiger partial charge in [0.15, 0.2) is 5.82 Å². The number of nitrogens with one attached hydrogen (secondary N) is 1. The highest BCUT2D eigenvalue weighted by Gasteiger charge is 2.32. The Kier molecular flexibility index (Phi) is 2.95. The molecule has 2 heterocycles. The third-order valence-electron chi connectivity index (χ3n) is 2.81. The van der Waals surface area contributed by atoms with Crippen molar-refractivity contribution >= 4 is 12.4 Å². The van der Waals surface area contributed by atoms with E-state index in [1.165, 1.54) is 12.8 Å². The Morgan fingerprint density at radius 1 is 1.40 bits per heavy atom. The lowest BCUT2D eigenvalue weighted by atomic mass is 10.2. The second-order valence-corrected chi connectivity index (χ2v) is 4.12. The molecule has 84 valence electrons. The summed E-state index contributed by atoms with van der Waals surface area (Å²) in [7, 11) is 0. The zero-order chi connectivity index (χ0) is 9.54. The lowest BCUT2D eigenvalue weighted by molar-refractivity contribution is 0.191. The van der Waals surface area contributed by atoms with Crippen molar-refractivity contribution < 1.29 is 9.63 Å². The first-order valence-corrected chi connectivity index (χ1v) is 5.08. The van der Waals surface area contributed by atoms with E-state index in [1.807, 2.05) is 0 Å². The third-order valence-corrected chi connectivity index (χ3v) is 2.81. The molecule has 0 bridgehead atoms. The van der Waals surface area contributed by atoms with Gasteiger partial charge in [-0.1, -0.05) is 5.16 Å². The highest BCUT2D eigenvalue weighted by Crippen LogP contribution is 2.38. The van der Waals surface area contributed by atoms with Crippen LogP contribution in [0.4, 0.5) is 0 Å². The molecular weight excluding hydrogens is 218 g/mol. The number of β-amino-alcohol motifs (C(OH)–C–C–N with tert-alkyl or cyclic N) is 1. The average molecular weight is 232 g/mol. The summed E-state index contributed by atoms with van der Waals surface area (Å²) in [6.07, 6.45) is 2.75. The minimum Gasteiger partial charge on any atom is -0.392 e. The van der Waals surface area contributed by atoms with Crippen LogP contribution in [0.5, 0.6) is 0 Å². The Hall–Kier alpha value is -0.650. The van der Waals surface area contributed by atoms with Gasteiger partial charge >= 0.3 is 0 Å². The Morgan fingerprint density at radius 2 is 2.20 bits per heavy atom. The van der Waals surface area contributed by atoms with Gasteiger partial charge in [-0.2, -0.15) is 4.98 Å². The summed E-state index contributed by atoms with van der Waals surface area (Å²) in [5.74, 6) is 1.99. The van der Waals surface area contributed by atoms with E-state index in [0.717, 1.165) is 5.82 Å². The van der Waals surface area contributed by atoms with Gasteiger partial charge in [0, 0.05) is 12.5 Å². The third kappa shape index (κ3) is 2.14. The number of hydrogen-bond acceptors (Lipinski definition) is 5. The van der Waals surface area contributed by atoms with E-state index in [0.29, 0.717) is 24.8 Å². The highest BCUT2D eigenvalue weighted by atomic mass is 35.5. The van der Waals surface area contributed by atoms with Gasteiger partial charge in [0.2, 0.25) is 5.89 Å². The number of halogens is 1. The SMILES string of the molecule is Cl.O[C@H]1CN[C@H](c2nc(C3CC3)no2)C1. The Balaban J connectivity index is 0.000000853. The molecule has 2 N–H and O–H groups in total. The van der Waals surface area contributed by atoms with E-state index in [2.05, 4.69) is 15.5 Å². The number of hydrogen-bond donors (Lipinski definition) is 2. The first kappa shape index (κ1) is 10.9. The lowest BCUT2D eigenvalue weighted by Crippen LogP contribution is -2.15. The monoisotopic (exact) mass is 231 g/mol. The molecule has 0 radical (unpaired) electrons. The van der Waals surface area contributed by atoms with Crippen molar-refractivity contribution in [2.24, 2.45) is 0 Å². The van der Waals surface area contributed by atoms with E-state index in [-0.39, 0.29) is 24.6 Å². The van der Waals surface area contributed by atoms with Crippen LogP contribution in [-0.2, 0) is 0 Å². The molecule has 5 nitrogen and oxygen atoms in total. The fraction of sp³-hybridized carbons (Fsp3) is 0.778. The lowest BCUT2D eigenvalue weighted by Gasteiger charge is -2.01. The maximum Gasteiger partial charge on any atom is 0.243 e. The fourth-order valence-electron chi connectivity index (χ4n) is 1.80. The van der Waals surface area contributed by atoms with Crippen molar-refractivity contribution in [3.63, 3.8) is 0 Å². The molecule has 6 heteroatoms. The molecule has 0 unspecified atom stereocenters. The molecule has 1 aliphatic carbocycles. The van der Waals surface area contributed by atoms with Crippen molar-refractivity contribution in [3.05, 3.63) is 11.7 Å². The molecule has 15 heavy (non-hydrogen) atoms. The molecule has 2 atom stereocenters. The van der Waals surface area contributed by atoms with Gasteiger partial charge in [0.1, 0.15) is 0 Å². The van der Waals surface area contributed by atoms with E-state index in [4.69, 9.17) is 4.52 Å². The van der Waals surface area contributed by atoms with Gasteiger partial charge in [0.25, 0.3) is 0 Å². The van der Waals surface area contributed by atoms with Crippen LogP contribution < -0.4 is 5.32 Å². The van der Waals surface area contributed by atoms with Crippen LogP contribution in [0.15, 0.2) is 4.52 Å². The van der Waals surface area contributed by atoms with Gasteiger partial charge < -0.3 is 14.9 Å². The van der Waals surface area contributed by atoms with Crippen LogP contribution in [0.1, 0.15) is 42.9 Å². The molecule has 2 aliphatic rings. The Labute approximate surface area is 93.7 Å². The van der Waals surface area contributed by atoms with Crippen molar-refractivity contribution in [2.75, 3.05) is 6.54 Å². The summed E-state index contributed by atoms with van der Waals surface area (Å²) < 4.78 is 5.16. The molecule has 0 amide bonds. The molecule has 0 aromatic carbocycles. The van der Waals surface area contributed by atoms with Gasteiger partial charge in [-0.15, -0.1) is 12.4 Å². The van der Waals surface area contributed by atoms with Gasteiger partial charge in [-0.25, -0.2) is 0 Å². The van der Waals surface area contributed by atoms with Gasteiger partial charge in [-0.05, 0) is 19.3 Å². The molecule has 1 aromatic heterocycles. The fourth-order valence-corrected chi connectivity index (χ4v) is 1.80. The van der Waals surface area contributed by atoms with Crippen molar-refractivity contribution in [3.8, 4) is 0 Å². The zero-order valence-corrected chi connectivity index (χ0v) is 9.04. The predicted octanol–water partition coefficient (Wildman–Crippen LogP) is 0.764. The molecular formula is C9H14ClN3O2. The Bertz CT molecular complexity index is 340.